The molecule has 182 valence electrons. The van der Waals surface area contributed by atoms with Crippen LogP contribution in [0, 0.1) is 0 Å². The van der Waals surface area contributed by atoms with Gasteiger partial charge in [0.1, 0.15) is 10.8 Å². The molecule has 0 bridgehead atoms. The lowest BCUT2D eigenvalue weighted by molar-refractivity contribution is -0.122. The summed E-state index contributed by atoms with van der Waals surface area (Å²) in [4.78, 5) is 14.6. The summed E-state index contributed by atoms with van der Waals surface area (Å²) in [5.41, 5.74) is 1.73. The van der Waals surface area contributed by atoms with Crippen molar-refractivity contribution < 1.29 is 22.7 Å². The van der Waals surface area contributed by atoms with Gasteiger partial charge in [-0.3, -0.25) is 9.69 Å². The summed E-state index contributed by atoms with van der Waals surface area (Å²) in [6, 6.07) is 18.0. The molecular formula is C24H21ClN2O5S3. The number of thiophene rings is 1. The molecule has 0 unspecified atom stereocenters. The van der Waals surface area contributed by atoms with Crippen molar-refractivity contribution in [1.82, 2.24) is 4.90 Å². The predicted molar refractivity (Wildman–Crippen MR) is 141 cm³/mol. The SMILES string of the molecule is CCN1C(=O)/C(=C/c2ccc(OCc3ccccc3)c(OC)c2)S/C1=N/S(=O)(=O)c1ccc(Cl)s1. The van der Waals surface area contributed by atoms with Crippen LogP contribution < -0.4 is 9.47 Å². The Kier molecular flexibility index (Phi) is 7.85. The van der Waals surface area contributed by atoms with Gasteiger partial charge in [0, 0.05) is 6.54 Å². The van der Waals surface area contributed by atoms with Gasteiger partial charge in [0.2, 0.25) is 0 Å². The molecule has 1 saturated heterocycles. The second-order valence-corrected chi connectivity index (χ2v) is 11.8. The summed E-state index contributed by atoms with van der Waals surface area (Å²) >= 11 is 7.79. The van der Waals surface area contributed by atoms with Crippen molar-refractivity contribution in [2.24, 2.45) is 4.40 Å². The molecule has 1 aromatic heterocycles. The molecule has 11 heteroatoms. The van der Waals surface area contributed by atoms with E-state index in [1.54, 1.807) is 38.3 Å². The largest absolute Gasteiger partial charge is 0.493 e. The van der Waals surface area contributed by atoms with E-state index in [0.29, 0.717) is 32.9 Å². The minimum Gasteiger partial charge on any atom is -0.493 e. The quantitative estimate of drug-likeness (QED) is 0.337. The predicted octanol–water partition coefficient (Wildman–Crippen LogP) is 5.67. The number of nitrogens with zero attached hydrogens (tertiary/aromatic N) is 2. The monoisotopic (exact) mass is 548 g/mol. The molecule has 35 heavy (non-hydrogen) atoms. The number of rotatable bonds is 8. The average Bonchev–Trinajstić information content (AvgIpc) is 3.41. The summed E-state index contributed by atoms with van der Waals surface area (Å²) in [5, 5.41) is 0.100. The van der Waals surface area contributed by atoms with Crippen LogP contribution in [-0.2, 0) is 21.4 Å². The van der Waals surface area contributed by atoms with Crippen molar-refractivity contribution >= 4 is 61.9 Å². The third-order valence-electron chi connectivity index (χ3n) is 4.93. The van der Waals surface area contributed by atoms with E-state index in [-0.39, 0.29) is 21.8 Å². The smallest absolute Gasteiger partial charge is 0.294 e. The van der Waals surface area contributed by atoms with Crippen LogP contribution in [0.15, 0.2) is 74.2 Å². The zero-order chi connectivity index (χ0) is 25.0. The highest BCUT2D eigenvalue weighted by Crippen LogP contribution is 2.36. The first-order valence-electron chi connectivity index (χ1n) is 10.5. The molecular weight excluding hydrogens is 528 g/mol. The normalized spacial score (nSPS) is 16.3. The van der Waals surface area contributed by atoms with Gasteiger partial charge in [0.25, 0.3) is 15.9 Å². The maximum absolute atomic E-state index is 12.9. The van der Waals surface area contributed by atoms with Crippen LogP contribution in [-0.4, -0.2) is 38.0 Å². The van der Waals surface area contributed by atoms with Crippen LogP contribution in [0.2, 0.25) is 4.34 Å². The summed E-state index contributed by atoms with van der Waals surface area (Å²) in [5.74, 6) is 0.769. The second kappa shape index (κ2) is 10.9. The molecule has 2 heterocycles. The maximum atomic E-state index is 12.9. The number of sulfonamides is 1. The van der Waals surface area contributed by atoms with E-state index in [2.05, 4.69) is 4.40 Å². The van der Waals surface area contributed by atoms with E-state index in [1.807, 2.05) is 30.3 Å². The number of benzene rings is 2. The van der Waals surface area contributed by atoms with E-state index in [1.165, 1.54) is 17.0 Å². The Labute approximate surface area is 217 Å². The number of ether oxygens (including phenoxy) is 2. The number of methoxy groups -OCH3 is 1. The Hall–Kier alpha value is -2.79. The van der Waals surface area contributed by atoms with Gasteiger partial charge in [-0.15, -0.1) is 15.7 Å². The van der Waals surface area contributed by atoms with Crippen LogP contribution in [0.1, 0.15) is 18.1 Å². The molecule has 0 atom stereocenters. The fraction of sp³-hybridized carbons (Fsp3) is 0.167. The number of amidine groups is 1. The van der Waals surface area contributed by atoms with Gasteiger partial charge >= 0.3 is 0 Å². The molecule has 2 aromatic carbocycles. The van der Waals surface area contributed by atoms with Crippen LogP contribution in [0.25, 0.3) is 6.08 Å². The molecule has 0 aliphatic carbocycles. The molecule has 1 aliphatic rings. The Morgan fingerprint density at radius 2 is 1.86 bits per heavy atom. The fourth-order valence-corrected chi connectivity index (χ4v) is 6.92. The number of halogens is 1. The average molecular weight is 549 g/mol. The number of thioether (sulfide) groups is 1. The first-order valence-corrected chi connectivity index (χ1v) is 13.9. The summed E-state index contributed by atoms with van der Waals surface area (Å²) < 4.78 is 41.0. The summed E-state index contributed by atoms with van der Waals surface area (Å²) in [6.45, 7) is 2.42. The van der Waals surface area contributed by atoms with E-state index in [4.69, 9.17) is 21.1 Å². The Morgan fingerprint density at radius 1 is 1.09 bits per heavy atom. The van der Waals surface area contributed by atoms with E-state index >= 15 is 0 Å². The van der Waals surface area contributed by atoms with E-state index < -0.39 is 10.0 Å². The van der Waals surface area contributed by atoms with Crippen LogP contribution in [0.5, 0.6) is 11.5 Å². The van der Waals surface area contributed by atoms with Gasteiger partial charge in [-0.2, -0.15) is 8.42 Å². The lowest BCUT2D eigenvalue weighted by Crippen LogP contribution is -2.29. The van der Waals surface area contributed by atoms with Crippen molar-refractivity contribution in [2.75, 3.05) is 13.7 Å². The van der Waals surface area contributed by atoms with Gasteiger partial charge in [0.05, 0.1) is 16.4 Å². The van der Waals surface area contributed by atoms with Crippen molar-refractivity contribution in [2.45, 2.75) is 17.7 Å². The van der Waals surface area contributed by atoms with Crippen molar-refractivity contribution in [1.29, 1.82) is 0 Å². The Bertz CT molecular complexity index is 1400. The highest BCUT2D eigenvalue weighted by atomic mass is 35.5. The maximum Gasteiger partial charge on any atom is 0.294 e. The molecule has 3 aromatic rings. The molecule has 7 nitrogen and oxygen atoms in total. The minimum atomic E-state index is -3.99. The molecule has 0 saturated carbocycles. The molecule has 0 N–H and O–H groups in total. The van der Waals surface area contributed by atoms with Crippen LogP contribution in [0.4, 0.5) is 0 Å². The fourth-order valence-electron chi connectivity index (χ4n) is 3.22. The van der Waals surface area contributed by atoms with Crippen molar-refractivity contribution in [3.8, 4) is 11.5 Å². The number of likely N-dealkylation sites (N-methyl/N-ethyl adjacent to an activating group) is 1. The van der Waals surface area contributed by atoms with Gasteiger partial charge in [-0.1, -0.05) is 48.0 Å². The minimum absolute atomic E-state index is 0.0207. The number of hydrogen-bond donors (Lipinski definition) is 0. The lowest BCUT2D eigenvalue weighted by atomic mass is 10.1. The highest BCUT2D eigenvalue weighted by molar-refractivity contribution is 8.19. The Balaban J connectivity index is 1.57. The number of hydrogen-bond acceptors (Lipinski definition) is 7. The zero-order valence-electron chi connectivity index (χ0n) is 18.8. The molecule has 1 amide bonds. The van der Waals surface area contributed by atoms with Gasteiger partial charge in [0.15, 0.2) is 16.7 Å². The van der Waals surface area contributed by atoms with Gasteiger partial charge in [-0.25, -0.2) is 0 Å². The third-order valence-corrected chi connectivity index (χ3v) is 9.02. The van der Waals surface area contributed by atoms with Crippen molar-refractivity contribution in [3.05, 3.63) is 81.0 Å². The third kappa shape index (κ3) is 5.90. The van der Waals surface area contributed by atoms with Crippen LogP contribution >= 0.6 is 34.7 Å². The van der Waals surface area contributed by atoms with E-state index in [0.717, 1.165) is 28.7 Å². The zero-order valence-corrected chi connectivity index (χ0v) is 22.0. The Morgan fingerprint density at radius 3 is 2.51 bits per heavy atom. The number of carbonyl (C=O) groups excluding carboxylic acids is 1. The first kappa shape index (κ1) is 25.3. The lowest BCUT2D eigenvalue weighted by Gasteiger charge is -2.12. The second-order valence-electron chi connectivity index (χ2n) is 7.25. The first-order chi connectivity index (χ1) is 16.8. The summed E-state index contributed by atoms with van der Waals surface area (Å²) in [7, 11) is -2.44. The number of carbonyl (C=O) groups is 1. The molecule has 1 aliphatic heterocycles. The van der Waals surface area contributed by atoms with Gasteiger partial charge < -0.3 is 9.47 Å². The standard InChI is InChI=1S/C24H21ClN2O5S3/c1-3-27-23(28)20(33-24(27)26-35(29,30)22-12-11-21(25)34-22)14-17-9-10-18(19(13-17)31-2)32-15-16-7-5-4-6-8-16/h4-14H,3,15H2,1-2H3/b20-14-,26-24+. The number of amides is 1. The summed E-state index contributed by atoms with van der Waals surface area (Å²) in [6.07, 6.45) is 1.68. The van der Waals surface area contributed by atoms with Gasteiger partial charge in [-0.05, 0) is 60.2 Å². The molecule has 0 radical (unpaired) electrons. The topological polar surface area (TPSA) is 85.3 Å². The molecule has 0 spiro atoms. The van der Waals surface area contributed by atoms with E-state index in [9.17, 15) is 13.2 Å². The molecule has 1 fully saturated rings. The van der Waals surface area contributed by atoms with Crippen LogP contribution in [0.3, 0.4) is 0 Å². The van der Waals surface area contributed by atoms with Crippen molar-refractivity contribution in [3.63, 3.8) is 0 Å². The molecule has 4 rings (SSSR count). The highest BCUT2D eigenvalue weighted by Gasteiger charge is 2.34.